The number of carbonyl (C=O) groups excluding carboxylic acids is 1. The molecule has 0 spiro atoms. The highest BCUT2D eigenvalue weighted by Crippen LogP contribution is 2.20. The van der Waals surface area contributed by atoms with Gasteiger partial charge >= 0.3 is 0 Å². The highest BCUT2D eigenvalue weighted by Gasteiger charge is 2.10. The van der Waals surface area contributed by atoms with Crippen molar-refractivity contribution in [1.29, 1.82) is 0 Å². The normalized spacial score (nSPS) is 10.7. The van der Waals surface area contributed by atoms with Gasteiger partial charge in [-0.3, -0.25) is 14.5 Å². The fourth-order valence-electron chi connectivity index (χ4n) is 2.38. The fourth-order valence-corrected chi connectivity index (χ4v) is 2.38. The third-order valence-corrected chi connectivity index (χ3v) is 3.48. The summed E-state index contributed by atoms with van der Waals surface area (Å²) in [7, 11) is 1.87. The van der Waals surface area contributed by atoms with Crippen LogP contribution in [0.15, 0.2) is 53.5 Å². The van der Waals surface area contributed by atoms with Crippen molar-refractivity contribution in [2.45, 2.75) is 13.1 Å². The third-order valence-electron chi connectivity index (χ3n) is 3.48. The zero-order chi connectivity index (χ0) is 16.8. The number of furan rings is 1. The van der Waals surface area contributed by atoms with Gasteiger partial charge in [-0.25, -0.2) is 0 Å². The molecule has 3 rings (SSSR count). The molecule has 0 aromatic carbocycles. The molecule has 1 amide bonds. The molecule has 24 heavy (non-hydrogen) atoms. The van der Waals surface area contributed by atoms with Gasteiger partial charge in [-0.2, -0.15) is 5.10 Å². The Morgan fingerprint density at radius 2 is 2.21 bits per heavy atom. The number of aromatic nitrogens is 3. The van der Waals surface area contributed by atoms with E-state index in [-0.39, 0.29) is 12.5 Å². The topological polar surface area (TPSA) is 85.0 Å². The summed E-state index contributed by atoms with van der Waals surface area (Å²) in [5, 5.41) is 10.4. The average molecular weight is 325 g/mol. The van der Waals surface area contributed by atoms with Crippen LogP contribution in [0.1, 0.15) is 11.3 Å². The van der Waals surface area contributed by atoms with Gasteiger partial charge in [-0.1, -0.05) is 0 Å². The summed E-state index contributed by atoms with van der Waals surface area (Å²) in [4.78, 5) is 16.0. The third kappa shape index (κ3) is 4.08. The Morgan fingerprint density at radius 1 is 1.29 bits per heavy atom. The van der Waals surface area contributed by atoms with Gasteiger partial charge in [0.2, 0.25) is 5.91 Å². The van der Waals surface area contributed by atoms with Gasteiger partial charge in [-0.05, 0) is 24.3 Å². The lowest BCUT2D eigenvalue weighted by Gasteiger charge is -2.06. The van der Waals surface area contributed by atoms with Crippen LogP contribution in [0.25, 0.3) is 11.3 Å². The molecule has 3 heterocycles. The number of hydrogen-bond donors (Lipinski definition) is 2. The first kappa shape index (κ1) is 15.9. The minimum atomic E-state index is -0.0850. The second-order valence-electron chi connectivity index (χ2n) is 5.38. The van der Waals surface area contributed by atoms with Crippen LogP contribution in [0, 0.1) is 0 Å². The summed E-state index contributed by atoms with van der Waals surface area (Å²) >= 11 is 0. The van der Waals surface area contributed by atoms with E-state index >= 15 is 0 Å². The Labute approximate surface area is 139 Å². The van der Waals surface area contributed by atoms with Gasteiger partial charge in [0.1, 0.15) is 5.76 Å². The Kier molecular flexibility index (Phi) is 5.02. The molecule has 0 saturated heterocycles. The summed E-state index contributed by atoms with van der Waals surface area (Å²) in [5.74, 6) is 0.646. The number of amides is 1. The molecule has 3 aromatic heterocycles. The van der Waals surface area contributed by atoms with Crippen molar-refractivity contribution < 1.29 is 9.21 Å². The second kappa shape index (κ2) is 7.56. The number of carbonyl (C=O) groups is 1. The van der Waals surface area contributed by atoms with E-state index in [0.29, 0.717) is 13.1 Å². The predicted molar refractivity (Wildman–Crippen MR) is 88.7 cm³/mol. The van der Waals surface area contributed by atoms with E-state index < -0.39 is 0 Å². The number of aryl methyl sites for hydroxylation is 1. The van der Waals surface area contributed by atoms with E-state index in [4.69, 9.17) is 4.42 Å². The van der Waals surface area contributed by atoms with Gasteiger partial charge in [0, 0.05) is 43.3 Å². The van der Waals surface area contributed by atoms with E-state index in [2.05, 4.69) is 20.7 Å². The molecule has 0 aliphatic rings. The summed E-state index contributed by atoms with van der Waals surface area (Å²) in [6.07, 6.45) is 7.04. The lowest BCUT2D eigenvalue weighted by molar-refractivity contribution is -0.120. The minimum Gasteiger partial charge on any atom is -0.467 e. The van der Waals surface area contributed by atoms with E-state index in [1.807, 2.05) is 31.4 Å². The highest BCUT2D eigenvalue weighted by atomic mass is 16.3. The molecular weight excluding hydrogens is 306 g/mol. The molecule has 124 valence electrons. The zero-order valence-corrected chi connectivity index (χ0v) is 13.4. The monoisotopic (exact) mass is 325 g/mol. The summed E-state index contributed by atoms with van der Waals surface area (Å²) in [6.45, 7) is 1.16. The standard InChI is InChI=1S/C17H19N5O2/c1-22-12-14(17(21-22)13-4-2-6-18-8-13)9-19-11-16(23)20-10-15-5-3-7-24-15/h2-8,12,19H,9-11H2,1H3,(H,20,23). The molecule has 7 nitrogen and oxygen atoms in total. The van der Waals surface area contributed by atoms with Crippen LogP contribution >= 0.6 is 0 Å². The fraction of sp³-hybridized carbons (Fsp3) is 0.235. The van der Waals surface area contributed by atoms with Gasteiger partial charge in [0.25, 0.3) is 0 Å². The van der Waals surface area contributed by atoms with E-state index in [0.717, 1.165) is 22.6 Å². The van der Waals surface area contributed by atoms with E-state index in [9.17, 15) is 4.79 Å². The number of rotatable bonds is 7. The van der Waals surface area contributed by atoms with Crippen molar-refractivity contribution in [3.63, 3.8) is 0 Å². The van der Waals surface area contributed by atoms with Crippen LogP contribution in [0.3, 0.4) is 0 Å². The molecule has 7 heteroatoms. The maximum Gasteiger partial charge on any atom is 0.234 e. The Hall–Kier alpha value is -2.93. The molecule has 2 N–H and O–H groups in total. The summed E-state index contributed by atoms with van der Waals surface area (Å²) in [5.41, 5.74) is 2.84. The van der Waals surface area contributed by atoms with Crippen LogP contribution in [0.2, 0.25) is 0 Å². The maximum absolute atomic E-state index is 11.8. The zero-order valence-electron chi connectivity index (χ0n) is 13.4. The molecule has 0 fully saturated rings. The largest absolute Gasteiger partial charge is 0.467 e. The van der Waals surface area contributed by atoms with E-state index in [1.165, 1.54) is 0 Å². The quantitative estimate of drug-likeness (QED) is 0.687. The second-order valence-corrected chi connectivity index (χ2v) is 5.38. The molecule has 0 unspecified atom stereocenters. The first-order valence-electron chi connectivity index (χ1n) is 7.65. The Balaban J connectivity index is 1.52. The Bertz CT molecular complexity index is 781. The van der Waals surface area contributed by atoms with Gasteiger partial charge in [0.05, 0.1) is 25.0 Å². The van der Waals surface area contributed by atoms with Crippen LogP contribution in [0.4, 0.5) is 0 Å². The van der Waals surface area contributed by atoms with Gasteiger partial charge < -0.3 is 15.1 Å². The molecule has 0 aliphatic heterocycles. The van der Waals surface area contributed by atoms with Crippen LogP contribution in [-0.4, -0.2) is 27.2 Å². The maximum atomic E-state index is 11.8. The first-order chi connectivity index (χ1) is 11.7. The molecule has 3 aromatic rings. The molecular formula is C17H19N5O2. The Morgan fingerprint density at radius 3 is 2.96 bits per heavy atom. The lowest BCUT2D eigenvalue weighted by atomic mass is 10.1. The smallest absolute Gasteiger partial charge is 0.234 e. The molecule has 0 atom stereocenters. The van der Waals surface area contributed by atoms with Crippen molar-refractivity contribution in [2.24, 2.45) is 7.05 Å². The highest BCUT2D eigenvalue weighted by molar-refractivity contribution is 5.77. The van der Waals surface area contributed by atoms with Crippen LogP contribution in [-0.2, 0) is 24.9 Å². The van der Waals surface area contributed by atoms with Crippen molar-refractivity contribution in [2.75, 3.05) is 6.54 Å². The summed E-state index contributed by atoms with van der Waals surface area (Å²) in [6, 6.07) is 7.46. The average Bonchev–Trinajstić information content (AvgIpc) is 3.23. The van der Waals surface area contributed by atoms with Crippen molar-refractivity contribution >= 4 is 5.91 Å². The minimum absolute atomic E-state index is 0.0850. The number of nitrogens with zero attached hydrogens (tertiary/aromatic N) is 3. The van der Waals surface area contributed by atoms with Crippen molar-refractivity contribution in [3.05, 3.63) is 60.4 Å². The molecule has 0 saturated carbocycles. The molecule has 0 bridgehead atoms. The van der Waals surface area contributed by atoms with Gasteiger partial charge in [-0.15, -0.1) is 0 Å². The SMILES string of the molecule is Cn1cc(CNCC(=O)NCc2ccco2)c(-c2cccnc2)n1. The summed E-state index contributed by atoms with van der Waals surface area (Å²) < 4.78 is 6.93. The van der Waals surface area contributed by atoms with Crippen LogP contribution in [0.5, 0.6) is 0 Å². The number of pyridine rings is 1. The molecule has 0 radical (unpaired) electrons. The molecule has 0 aliphatic carbocycles. The van der Waals surface area contributed by atoms with Crippen molar-refractivity contribution in [1.82, 2.24) is 25.4 Å². The predicted octanol–water partition coefficient (Wildman–Crippen LogP) is 1.48. The van der Waals surface area contributed by atoms with Crippen LogP contribution < -0.4 is 10.6 Å². The number of hydrogen-bond acceptors (Lipinski definition) is 5. The van der Waals surface area contributed by atoms with Crippen molar-refractivity contribution in [3.8, 4) is 11.3 Å². The number of nitrogens with one attached hydrogen (secondary N) is 2. The van der Waals surface area contributed by atoms with E-state index in [1.54, 1.807) is 29.4 Å². The van der Waals surface area contributed by atoms with Gasteiger partial charge in [0.15, 0.2) is 0 Å². The lowest BCUT2D eigenvalue weighted by Crippen LogP contribution is -2.33. The first-order valence-corrected chi connectivity index (χ1v) is 7.65.